The van der Waals surface area contributed by atoms with Gasteiger partial charge in [-0.3, -0.25) is 9.59 Å². The third-order valence-corrected chi connectivity index (χ3v) is 4.72. The standard InChI is InChI=1S/C18H21N3O3/c1-12-5-3-4-6-16(12)21-13(2)15(11-19-21)17(22)20-9-7-14(8-10-20)18(23)24/h3-6,11,14H,7-10H2,1-2H3,(H,23,24). The zero-order valence-electron chi connectivity index (χ0n) is 13.9. The molecule has 0 atom stereocenters. The van der Waals surface area contributed by atoms with Crippen LogP contribution in [0.25, 0.3) is 5.69 Å². The molecule has 1 aromatic heterocycles. The van der Waals surface area contributed by atoms with Gasteiger partial charge in [0, 0.05) is 13.1 Å². The van der Waals surface area contributed by atoms with Gasteiger partial charge in [0.1, 0.15) is 0 Å². The predicted molar refractivity (Wildman–Crippen MR) is 89.3 cm³/mol. The summed E-state index contributed by atoms with van der Waals surface area (Å²) in [7, 11) is 0. The van der Waals surface area contributed by atoms with Crippen molar-refractivity contribution in [3.8, 4) is 5.69 Å². The fourth-order valence-corrected chi connectivity index (χ4v) is 3.16. The summed E-state index contributed by atoms with van der Waals surface area (Å²) >= 11 is 0. The van der Waals surface area contributed by atoms with E-state index in [-0.39, 0.29) is 11.8 Å². The number of carboxylic acid groups (broad SMARTS) is 1. The largest absolute Gasteiger partial charge is 0.481 e. The quantitative estimate of drug-likeness (QED) is 0.939. The van der Waals surface area contributed by atoms with Crippen LogP contribution in [0, 0.1) is 19.8 Å². The number of aliphatic carboxylic acids is 1. The van der Waals surface area contributed by atoms with Gasteiger partial charge in [-0.25, -0.2) is 4.68 Å². The highest BCUT2D eigenvalue weighted by atomic mass is 16.4. The molecular formula is C18H21N3O3. The molecule has 2 heterocycles. The Morgan fingerprint density at radius 1 is 1.17 bits per heavy atom. The molecule has 1 saturated heterocycles. The molecular weight excluding hydrogens is 306 g/mol. The van der Waals surface area contributed by atoms with Gasteiger partial charge in [-0.05, 0) is 38.3 Å². The lowest BCUT2D eigenvalue weighted by Crippen LogP contribution is -2.40. The molecule has 1 aliphatic rings. The molecule has 6 heteroatoms. The third kappa shape index (κ3) is 2.91. The van der Waals surface area contributed by atoms with Crippen molar-refractivity contribution in [2.24, 2.45) is 5.92 Å². The lowest BCUT2D eigenvalue weighted by molar-refractivity contribution is -0.143. The van der Waals surface area contributed by atoms with Gasteiger partial charge in [0.05, 0.1) is 29.1 Å². The average Bonchev–Trinajstić information content (AvgIpc) is 2.96. The first-order valence-corrected chi connectivity index (χ1v) is 8.11. The van der Waals surface area contributed by atoms with Gasteiger partial charge >= 0.3 is 5.97 Å². The monoisotopic (exact) mass is 327 g/mol. The van der Waals surface area contributed by atoms with Crippen LogP contribution in [0.3, 0.4) is 0 Å². The Morgan fingerprint density at radius 3 is 2.46 bits per heavy atom. The summed E-state index contributed by atoms with van der Waals surface area (Å²) in [6, 6.07) is 7.90. The van der Waals surface area contributed by atoms with Gasteiger partial charge in [0.25, 0.3) is 5.91 Å². The minimum absolute atomic E-state index is 0.0730. The van der Waals surface area contributed by atoms with Crippen LogP contribution < -0.4 is 0 Å². The van der Waals surface area contributed by atoms with Crippen molar-refractivity contribution < 1.29 is 14.7 Å². The third-order valence-electron chi connectivity index (χ3n) is 4.72. The second-order valence-corrected chi connectivity index (χ2v) is 6.25. The van der Waals surface area contributed by atoms with E-state index in [0.717, 1.165) is 16.9 Å². The van der Waals surface area contributed by atoms with Gasteiger partial charge in [-0.2, -0.15) is 5.10 Å². The van der Waals surface area contributed by atoms with Crippen LogP contribution >= 0.6 is 0 Å². The van der Waals surface area contributed by atoms with Crippen molar-refractivity contribution in [2.45, 2.75) is 26.7 Å². The molecule has 0 unspecified atom stereocenters. The summed E-state index contributed by atoms with van der Waals surface area (Å²) in [5, 5.41) is 13.4. The van der Waals surface area contributed by atoms with Gasteiger partial charge in [0.15, 0.2) is 0 Å². The summed E-state index contributed by atoms with van der Waals surface area (Å²) in [5.74, 6) is -1.19. The number of nitrogens with zero attached hydrogens (tertiary/aromatic N) is 3. The Kier molecular flexibility index (Phi) is 4.38. The number of hydrogen-bond acceptors (Lipinski definition) is 3. The van der Waals surface area contributed by atoms with E-state index in [1.807, 2.05) is 38.1 Å². The van der Waals surface area contributed by atoms with Crippen molar-refractivity contribution in [2.75, 3.05) is 13.1 Å². The van der Waals surface area contributed by atoms with Crippen LogP contribution in [0.5, 0.6) is 0 Å². The molecule has 1 fully saturated rings. The van der Waals surface area contributed by atoms with Crippen LogP contribution in [0.1, 0.15) is 34.5 Å². The van der Waals surface area contributed by atoms with E-state index < -0.39 is 5.97 Å². The summed E-state index contributed by atoms with van der Waals surface area (Å²) < 4.78 is 1.78. The summed E-state index contributed by atoms with van der Waals surface area (Å²) in [4.78, 5) is 25.5. The van der Waals surface area contributed by atoms with Crippen LogP contribution in [-0.2, 0) is 4.79 Å². The van der Waals surface area contributed by atoms with E-state index >= 15 is 0 Å². The number of hydrogen-bond donors (Lipinski definition) is 1. The molecule has 1 N–H and O–H groups in total. The van der Waals surface area contributed by atoms with Crippen molar-refractivity contribution in [3.63, 3.8) is 0 Å². The average molecular weight is 327 g/mol. The number of likely N-dealkylation sites (tertiary alicyclic amines) is 1. The molecule has 0 aliphatic carbocycles. The molecule has 6 nitrogen and oxygen atoms in total. The zero-order chi connectivity index (χ0) is 17.3. The molecule has 1 aliphatic heterocycles. The SMILES string of the molecule is Cc1ccccc1-n1ncc(C(=O)N2CCC(C(=O)O)CC2)c1C. The molecule has 2 aromatic rings. The Bertz CT molecular complexity index is 774. The number of carbonyl (C=O) groups is 2. The predicted octanol–water partition coefficient (Wildman–Crippen LogP) is 2.43. The Hall–Kier alpha value is -2.63. The number of carbonyl (C=O) groups excluding carboxylic acids is 1. The van der Waals surface area contributed by atoms with E-state index in [1.54, 1.807) is 15.8 Å². The van der Waals surface area contributed by atoms with Gasteiger partial charge in [0.2, 0.25) is 0 Å². The topological polar surface area (TPSA) is 75.4 Å². The van der Waals surface area contributed by atoms with Crippen molar-refractivity contribution in [3.05, 3.63) is 47.3 Å². The molecule has 1 amide bonds. The van der Waals surface area contributed by atoms with Crippen LogP contribution in [0.2, 0.25) is 0 Å². The molecule has 0 radical (unpaired) electrons. The van der Waals surface area contributed by atoms with E-state index in [9.17, 15) is 9.59 Å². The molecule has 0 bridgehead atoms. The molecule has 3 rings (SSSR count). The lowest BCUT2D eigenvalue weighted by atomic mass is 9.96. The van der Waals surface area contributed by atoms with E-state index in [1.165, 1.54) is 0 Å². The highest BCUT2D eigenvalue weighted by Crippen LogP contribution is 2.22. The smallest absolute Gasteiger partial charge is 0.306 e. The number of aryl methyl sites for hydroxylation is 1. The fourth-order valence-electron chi connectivity index (χ4n) is 3.16. The highest BCUT2D eigenvalue weighted by molar-refractivity contribution is 5.95. The normalized spacial score (nSPS) is 15.5. The van der Waals surface area contributed by atoms with E-state index in [0.29, 0.717) is 31.5 Å². The minimum Gasteiger partial charge on any atom is -0.481 e. The second-order valence-electron chi connectivity index (χ2n) is 6.25. The van der Waals surface area contributed by atoms with E-state index in [2.05, 4.69) is 5.10 Å². The van der Waals surface area contributed by atoms with Crippen LogP contribution in [-0.4, -0.2) is 44.8 Å². The van der Waals surface area contributed by atoms with Crippen molar-refractivity contribution in [1.82, 2.24) is 14.7 Å². The minimum atomic E-state index is -0.773. The summed E-state index contributed by atoms with van der Waals surface area (Å²) in [6.45, 7) is 4.85. The maximum absolute atomic E-state index is 12.8. The van der Waals surface area contributed by atoms with Crippen LogP contribution in [0.15, 0.2) is 30.5 Å². The fraction of sp³-hybridized carbons (Fsp3) is 0.389. The zero-order valence-corrected chi connectivity index (χ0v) is 13.9. The van der Waals surface area contributed by atoms with E-state index in [4.69, 9.17) is 5.11 Å². The number of amides is 1. The lowest BCUT2D eigenvalue weighted by Gasteiger charge is -2.30. The van der Waals surface area contributed by atoms with Crippen LogP contribution in [0.4, 0.5) is 0 Å². The number of rotatable bonds is 3. The highest BCUT2D eigenvalue weighted by Gasteiger charge is 2.29. The number of carboxylic acids is 1. The summed E-state index contributed by atoms with van der Waals surface area (Å²) in [6.07, 6.45) is 2.62. The summed E-state index contributed by atoms with van der Waals surface area (Å²) in [5.41, 5.74) is 3.42. The molecule has 0 spiro atoms. The van der Waals surface area contributed by atoms with Crippen molar-refractivity contribution in [1.29, 1.82) is 0 Å². The second kappa shape index (κ2) is 6.47. The number of piperidine rings is 1. The first kappa shape index (κ1) is 16.2. The Labute approximate surface area is 140 Å². The molecule has 24 heavy (non-hydrogen) atoms. The Morgan fingerprint density at radius 2 is 1.83 bits per heavy atom. The Balaban J connectivity index is 1.80. The maximum Gasteiger partial charge on any atom is 0.306 e. The molecule has 126 valence electrons. The maximum atomic E-state index is 12.8. The van der Waals surface area contributed by atoms with Gasteiger partial charge in [-0.1, -0.05) is 18.2 Å². The first-order valence-electron chi connectivity index (χ1n) is 8.11. The van der Waals surface area contributed by atoms with Gasteiger partial charge < -0.3 is 10.0 Å². The first-order chi connectivity index (χ1) is 11.5. The number of aromatic nitrogens is 2. The van der Waals surface area contributed by atoms with Gasteiger partial charge in [-0.15, -0.1) is 0 Å². The molecule has 1 aromatic carbocycles. The number of benzene rings is 1. The molecule has 0 saturated carbocycles. The van der Waals surface area contributed by atoms with Crippen molar-refractivity contribution >= 4 is 11.9 Å². The number of para-hydroxylation sites is 1.